The Morgan fingerprint density at radius 2 is 2.15 bits per heavy atom. The van der Waals surface area contributed by atoms with Crippen LogP contribution < -0.4 is 5.73 Å². The highest BCUT2D eigenvalue weighted by molar-refractivity contribution is 5.98. The van der Waals surface area contributed by atoms with E-state index in [4.69, 9.17) is 5.73 Å². The molecule has 1 aromatic carbocycles. The van der Waals surface area contributed by atoms with Gasteiger partial charge in [0.2, 0.25) is 0 Å². The Morgan fingerprint density at radius 3 is 2.80 bits per heavy atom. The predicted molar refractivity (Wildman–Crippen MR) is 71.6 cm³/mol. The number of anilines is 1. The molecule has 0 bridgehead atoms. The van der Waals surface area contributed by atoms with E-state index in [0.717, 1.165) is 0 Å². The summed E-state index contributed by atoms with van der Waals surface area (Å²) in [6.45, 7) is 1.95. The molecule has 1 unspecified atom stereocenters. The molecular formula is C14H17FN2O3. The highest BCUT2D eigenvalue weighted by Gasteiger charge is 2.36. The van der Waals surface area contributed by atoms with Crippen molar-refractivity contribution < 1.29 is 18.7 Å². The Balaban J connectivity index is 2.34. The summed E-state index contributed by atoms with van der Waals surface area (Å²) in [6.07, 6.45) is 1.22. The molecule has 0 spiro atoms. The first-order valence-corrected chi connectivity index (χ1v) is 6.40. The Hall–Kier alpha value is -2.11. The highest BCUT2D eigenvalue weighted by atomic mass is 19.1. The molecule has 108 valence electrons. The molecule has 1 aliphatic heterocycles. The van der Waals surface area contributed by atoms with Crippen molar-refractivity contribution in [3.05, 3.63) is 29.1 Å². The quantitative estimate of drug-likeness (QED) is 0.658. The highest BCUT2D eigenvalue weighted by Crippen LogP contribution is 2.24. The van der Waals surface area contributed by atoms with E-state index in [1.54, 1.807) is 6.92 Å². The molecule has 1 heterocycles. The van der Waals surface area contributed by atoms with Crippen molar-refractivity contribution in [2.75, 3.05) is 19.4 Å². The van der Waals surface area contributed by atoms with Crippen molar-refractivity contribution in [3.63, 3.8) is 0 Å². The van der Waals surface area contributed by atoms with Gasteiger partial charge >= 0.3 is 5.97 Å². The number of methoxy groups -OCH3 is 1. The molecule has 2 rings (SSSR count). The van der Waals surface area contributed by atoms with Crippen LogP contribution in [0.25, 0.3) is 0 Å². The molecule has 0 radical (unpaired) electrons. The predicted octanol–water partition coefficient (Wildman–Crippen LogP) is 1.49. The maximum atomic E-state index is 14.1. The smallest absolute Gasteiger partial charge is 0.328 e. The molecule has 0 aliphatic carbocycles. The van der Waals surface area contributed by atoms with Crippen LogP contribution in [0.4, 0.5) is 10.1 Å². The van der Waals surface area contributed by atoms with E-state index in [9.17, 15) is 14.0 Å². The molecule has 1 atom stereocenters. The van der Waals surface area contributed by atoms with Crippen molar-refractivity contribution in [2.24, 2.45) is 0 Å². The number of likely N-dealkylation sites (tertiary alicyclic amines) is 1. The largest absolute Gasteiger partial charge is 0.467 e. The number of esters is 1. The topological polar surface area (TPSA) is 72.6 Å². The lowest BCUT2D eigenvalue weighted by Gasteiger charge is -2.23. The van der Waals surface area contributed by atoms with E-state index in [-0.39, 0.29) is 5.56 Å². The lowest BCUT2D eigenvalue weighted by molar-refractivity contribution is -0.145. The third-order valence-electron chi connectivity index (χ3n) is 3.49. The third kappa shape index (κ3) is 2.45. The van der Waals surface area contributed by atoms with Crippen LogP contribution in [0.15, 0.2) is 12.1 Å². The van der Waals surface area contributed by atoms with Crippen molar-refractivity contribution in [1.82, 2.24) is 4.90 Å². The molecule has 1 amide bonds. The molecular weight excluding hydrogens is 263 g/mol. The van der Waals surface area contributed by atoms with Crippen LogP contribution in [0.1, 0.15) is 28.8 Å². The van der Waals surface area contributed by atoms with E-state index >= 15 is 0 Å². The molecule has 2 N–H and O–H groups in total. The Bertz CT molecular complexity index is 560. The van der Waals surface area contributed by atoms with Gasteiger partial charge in [-0.1, -0.05) is 0 Å². The summed E-state index contributed by atoms with van der Waals surface area (Å²) >= 11 is 0. The lowest BCUT2D eigenvalue weighted by Crippen LogP contribution is -2.41. The minimum atomic E-state index is -0.645. The van der Waals surface area contributed by atoms with E-state index in [0.29, 0.717) is 30.6 Å². The number of nitrogens with two attached hydrogens (primary N) is 1. The average Bonchev–Trinajstić information content (AvgIpc) is 2.90. The van der Waals surface area contributed by atoms with Gasteiger partial charge in [0.25, 0.3) is 5.91 Å². The van der Waals surface area contributed by atoms with Crippen LogP contribution in [0.3, 0.4) is 0 Å². The summed E-state index contributed by atoms with van der Waals surface area (Å²) in [5.74, 6) is -1.60. The van der Waals surface area contributed by atoms with Gasteiger partial charge in [0.05, 0.1) is 12.7 Å². The number of nitrogen functional groups attached to an aromatic ring is 1. The first-order chi connectivity index (χ1) is 9.45. The number of ether oxygens (including phenoxy) is 1. The van der Waals surface area contributed by atoms with Crippen LogP contribution in [0, 0.1) is 12.7 Å². The van der Waals surface area contributed by atoms with E-state index < -0.39 is 23.7 Å². The molecule has 0 saturated carbocycles. The number of aryl methyl sites for hydroxylation is 1. The minimum absolute atomic E-state index is 0.0988. The average molecular weight is 280 g/mol. The maximum absolute atomic E-state index is 14.1. The lowest BCUT2D eigenvalue weighted by atomic mass is 10.1. The zero-order valence-electron chi connectivity index (χ0n) is 11.5. The second kappa shape index (κ2) is 5.48. The van der Waals surface area contributed by atoms with Gasteiger partial charge in [-0.2, -0.15) is 0 Å². The van der Waals surface area contributed by atoms with Gasteiger partial charge in [-0.3, -0.25) is 4.79 Å². The fraction of sp³-hybridized carbons (Fsp3) is 0.429. The van der Waals surface area contributed by atoms with Gasteiger partial charge in [-0.15, -0.1) is 0 Å². The van der Waals surface area contributed by atoms with E-state index in [1.807, 2.05) is 0 Å². The van der Waals surface area contributed by atoms with Gasteiger partial charge < -0.3 is 15.4 Å². The maximum Gasteiger partial charge on any atom is 0.328 e. The normalized spacial score (nSPS) is 18.1. The fourth-order valence-electron chi connectivity index (χ4n) is 2.50. The standard InChI is InChI=1S/C14H17FN2O3/c1-8-6-9(16)7-10(12(8)15)13(18)17-5-3-4-11(17)14(19)20-2/h6-7,11H,3-5,16H2,1-2H3. The summed E-state index contributed by atoms with van der Waals surface area (Å²) < 4.78 is 18.8. The van der Waals surface area contributed by atoms with Crippen LogP contribution in [0.2, 0.25) is 0 Å². The van der Waals surface area contributed by atoms with Gasteiger partial charge in [0, 0.05) is 12.2 Å². The van der Waals surface area contributed by atoms with Gasteiger partial charge in [-0.05, 0) is 37.5 Å². The molecule has 5 nitrogen and oxygen atoms in total. The molecule has 1 fully saturated rings. The monoisotopic (exact) mass is 280 g/mol. The molecule has 6 heteroatoms. The summed E-state index contributed by atoms with van der Waals surface area (Å²) in [5.41, 5.74) is 6.19. The van der Waals surface area contributed by atoms with Crippen molar-refractivity contribution in [1.29, 1.82) is 0 Å². The number of nitrogens with zero attached hydrogens (tertiary/aromatic N) is 1. The Labute approximate surface area is 116 Å². The molecule has 20 heavy (non-hydrogen) atoms. The van der Waals surface area contributed by atoms with Crippen LogP contribution in [-0.4, -0.2) is 36.5 Å². The SMILES string of the molecule is COC(=O)C1CCCN1C(=O)c1cc(N)cc(C)c1F. The van der Waals surface area contributed by atoms with E-state index in [1.165, 1.54) is 24.1 Å². The Kier molecular flexibility index (Phi) is 3.92. The third-order valence-corrected chi connectivity index (χ3v) is 3.49. The Morgan fingerprint density at radius 1 is 1.45 bits per heavy atom. The summed E-state index contributed by atoms with van der Waals surface area (Å²) in [7, 11) is 1.27. The number of carbonyl (C=O) groups excluding carboxylic acids is 2. The second-order valence-corrected chi connectivity index (χ2v) is 4.88. The molecule has 1 saturated heterocycles. The van der Waals surface area contributed by atoms with Crippen LogP contribution in [-0.2, 0) is 9.53 Å². The molecule has 0 aromatic heterocycles. The van der Waals surface area contributed by atoms with Gasteiger partial charge in [0.1, 0.15) is 11.9 Å². The fourth-order valence-corrected chi connectivity index (χ4v) is 2.50. The van der Waals surface area contributed by atoms with Crippen molar-refractivity contribution >= 4 is 17.6 Å². The zero-order chi connectivity index (χ0) is 14.9. The van der Waals surface area contributed by atoms with Gasteiger partial charge in [0.15, 0.2) is 0 Å². The number of hydrogen-bond acceptors (Lipinski definition) is 4. The minimum Gasteiger partial charge on any atom is -0.467 e. The number of hydrogen-bond donors (Lipinski definition) is 1. The van der Waals surface area contributed by atoms with Crippen LogP contribution in [0.5, 0.6) is 0 Å². The number of carbonyl (C=O) groups is 2. The summed E-state index contributed by atoms with van der Waals surface area (Å²) in [5, 5.41) is 0. The van der Waals surface area contributed by atoms with Crippen molar-refractivity contribution in [2.45, 2.75) is 25.8 Å². The van der Waals surface area contributed by atoms with E-state index in [2.05, 4.69) is 4.74 Å². The summed E-state index contributed by atoms with van der Waals surface area (Å²) in [4.78, 5) is 25.4. The zero-order valence-corrected chi connectivity index (χ0v) is 11.5. The van der Waals surface area contributed by atoms with Crippen molar-refractivity contribution in [3.8, 4) is 0 Å². The van der Waals surface area contributed by atoms with Gasteiger partial charge in [-0.25, -0.2) is 9.18 Å². The van der Waals surface area contributed by atoms with Crippen LogP contribution >= 0.6 is 0 Å². The molecule has 1 aliphatic rings. The number of amides is 1. The number of halogens is 1. The molecule has 1 aromatic rings. The number of benzene rings is 1. The first-order valence-electron chi connectivity index (χ1n) is 6.40. The number of rotatable bonds is 2. The summed E-state index contributed by atoms with van der Waals surface area (Å²) in [6, 6.07) is 2.12. The second-order valence-electron chi connectivity index (χ2n) is 4.88. The first kappa shape index (κ1) is 14.3.